The molecule has 0 aromatic heterocycles. The topological polar surface area (TPSA) is 26.0 Å². The van der Waals surface area contributed by atoms with Crippen molar-refractivity contribution in [3.05, 3.63) is 69.2 Å². The van der Waals surface area contributed by atoms with E-state index in [2.05, 4.69) is 15.9 Å². The summed E-state index contributed by atoms with van der Waals surface area (Å²) in [7, 11) is 0. The first-order valence-electron chi connectivity index (χ1n) is 5.93. The van der Waals surface area contributed by atoms with Crippen molar-refractivity contribution in [2.24, 2.45) is 5.73 Å². The molecule has 0 fully saturated rings. The normalized spacial score (nSPS) is 12.5. The number of rotatable bonds is 3. The largest absolute Gasteiger partial charge is 0.324 e. The van der Waals surface area contributed by atoms with E-state index in [1.165, 1.54) is 12.1 Å². The lowest BCUT2D eigenvalue weighted by molar-refractivity contribution is 0.578. The Hall–Kier alpha value is -1.26. The second-order valence-corrected chi connectivity index (χ2v) is 5.44. The minimum atomic E-state index is -0.446. The molecule has 0 aliphatic rings. The van der Waals surface area contributed by atoms with Gasteiger partial charge >= 0.3 is 0 Å². The predicted octanol–water partition coefficient (Wildman–Crippen LogP) is 4.28. The lowest BCUT2D eigenvalue weighted by Gasteiger charge is -2.14. The van der Waals surface area contributed by atoms with E-state index in [0.29, 0.717) is 16.5 Å². The van der Waals surface area contributed by atoms with Crippen LogP contribution < -0.4 is 5.73 Å². The van der Waals surface area contributed by atoms with E-state index >= 15 is 0 Å². The molecule has 4 heteroatoms. The van der Waals surface area contributed by atoms with Crippen LogP contribution in [0.1, 0.15) is 22.7 Å². The Morgan fingerprint density at radius 3 is 2.47 bits per heavy atom. The van der Waals surface area contributed by atoms with Crippen molar-refractivity contribution in [1.82, 2.24) is 0 Å². The molecule has 1 nitrogen and oxygen atoms in total. The van der Waals surface area contributed by atoms with Crippen molar-refractivity contribution >= 4 is 15.9 Å². The molecule has 1 atom stereocenters. The van der Waals surface area contributed by atoms with Gasteiger partial charge in [0.15, 0.2) is 0 Å². The molecule has 0 aliphatic heterocycles. The quantitative estimate of drug-likeness (QED) is 0.895. The van der Waals surface area contributed by atoms with E-state index in [1.807, 2.05) is 13.0 Å². The van der Waals surface area contributed by atoms with Crippen molar-refractivity contribution < 1.29 is 8.78 Å². The fourth-order valence-corrected chi connectivity index (χ4v) is 2.39. The van der Waals surface area contributed by atoms with E-state index in [-0.39, 0.29) is 11.6 Å². The molecule has 2 aromatic rings. The SMILES string of the molecule is Cc1ccc(C(N)Cc2ccc(F)c(Br)c2)c(F)c1. The minimum absolute atomic E-state index is 0.298. The lowest BCUT2D eigenvalue weighted by atomic mass is 9.98. The van der Waals surface area contributed by atoms with Crippen LogP contribution in [-0.2, 0) is 6.42 Å². The Morgan fingerprint density at radius 1 is 1.11 bits per heavy atom. The Kier molecular flexibility index (Phi) is 4.32. The number of hydrogen-bond acceptors (Lipinski definition) is 1. The zero-order chi connectivity index (χ0) is 14.0. The smallest absolute Gasteiger partial charge is 0.137 e. The molecule has 2 N–H and O–H groups in total. The molecule has 0 heterocycles. The Bertz CT molecular complexity index is 599. The minimum Gasteiger partial charge on any atom is -0.324 e. The fourth-order valence-electron chi connectivity index (χ4n) is 1.96. The van der Waals surface area contributed by atoms with Crippen LogP contribution in [-0.4, -0.2) is 0 Å². The monoisotopic (exact) mass is 325 g/mol. The molecule has 0 amide bonds. The molecule has 0 saturated carbocycles. The number of nitrogens with two attached hydrogens (primary N) is 1. The summed E-state index contributed by atoms with van der Waals surface area (Å²) in [5.74, 6) is -0.618. The molecule has 0 aliphatic carbocycles. The van der Waals surface area contributed by atoms with Gasteiger partial charge in [-0.05, 0) is 58.6 Å². The van der Waals surface area contributed by atoms with Gasteiger partial charge in [-0.1, -0.05) is 18.2 Å². The zero-order valence-electron chi connectivity index (χ0n) is 10.5. The maximum absolute atomic E-state index is 13.8. The molecule has 0 radical (unpaired) electrons. The summed E-state index contributed by atoms with van der Waals surface area (Å²) >= 11 is 3.13. The molecular formula is C15H14BrF2N. The van der Waals surface area contributed by atoms with Gasteiger partial charge in [-0.3, -0.25) is 0 Å². The standard InChI is InChI=1S/C15H14BrF2N/c1-9-2-4-11(14(18)6-9)15(19)8-10-3-5-13(17)12(16)7-10/h2-7,15H,8,19H2,1H3. The fraction of sp³-hybridized carbons (Fsp3) is 0.200. The summed E-state index contributed by atoms with van der Waals surface area (Å²) in [4.78, 5) is 0. The zero-order valence-corrected chi connectivity index (χ0v) is 12.0. The molecule has 1 unspecified atom stereocenters. The van der Waals surface area contributed by atoms with Gasteiger partial charge < -0.3 is 5.73 Å². The summed E-state index contributed by atoms with van der Waals surface area (Å²) in [6, 6.07) is 9.26. The van der Waals surface area contributed by atoms with Crippen molar-refractivity contribution in [3.63, 3.8) is 0 Å². The van der Waals surface area contributed by atoms with Crippen LogP contribution in [0.4, 0.5) is 8.78 Å². The van der Waals surface area contributed by atoms with Crippen LogP contribution in [0.3, 0.4) is 0 Å². The number of hydrogen-bond donors (Lipinski definition) is 1. The third-order valence-electron chi connectivity index (χ3n) is 3.00. The Morgan fingerprint density at radius 2 is 1.84 bits per heavy atom. The van der Waals surface area contributed by atoms with E-state index in [4.69, 9.17) is 5.73 Å². The van der Waals surface area contributed by atoms with Gasteiger partial charge in [0.25, 0.3) is 0 Å². The number of halogens is 3. The highest BCUT2D eigenvalue weighted by Crippen LogP contribution is 2.23. The molecule has 0 spiro atoms. The third-order valence-corrected chi connectivity index (χ3v) is 3.60. The summed E-state index contributed by atoms with van der Waals surface area (Å²) in [6.07, 6.45) is 0.457. The van der Waals surface area contributed by atoms with Gasteiger partial charge in [0.05, 0.1) is 4.47 Å². The van der Waals surface area contributed by atoms with Gasteiger partial charge in [0.1, 0.15) is 11.6 Å². The van der Waals surface area contributed by atoms with Crippen LogP contribution >= 0.6 is 15.9 Å². The van der Waals surface area contributed by atoms with Crippen LogP contribution in [0.25, 0.3) is 0 Å². The van der Waals surface area contributed by atoms with Gasteiger partial charge in [-0.2, -0.15) is 0 Å². The molecular weight excluding hydrogens is 312 g/mol. The molecule has 2 aromatic carbocycles. The molecule has 0 saturated heterocycles. The summed E-state index contributed by atoms with van der Waals surface area (Å²) in [5.41, 5.74) is 8.22. The van der Waals surface area contributed by atoms with E-state index in [9.17, 15) is 8.78 Å². The van der Waals surface area contributed by atoms with Gasteiger partial charge in [-0.25, -0.2) is 8.78 Å². The van der Waals surface area contributed by atoms with Crippen molar-refractivity contribution in [2.45, 2.75) is 19.4 Å². The third kappa shape index (κ3) is 3.39. The first-order chi connectivity index (χ1) is 8.97. The van der Waals surface area contributed by atoms with Gasteiger partial charge in [-0.15, -0.1) is 0 Å². The summed E-state index contributed by atoms with van der Waals surface area (Å²) in [5, 5.41) is 0. The lowest BCUT2D eigenvalue weighted by Crippen LogP contribution is -2.15. The average molecular weight is 326 g/mol. The summed E-state index contributed by atoms with van der Waals surface area (Å²) in [6.45, 7) is 1.83. The molecule has 0 bridgehead atoms. The number of benzene rings is 2. The second kappa shape index (κ2) is 5.80. The van der Waals surface area contributed by atoms with Crippen molar-refractivity contribution in [1.29, 1.82) is 0 Å². The predicted molar refractivity (Wildman–Crippen MR) is 75.9 cm³/mol. The molecule has 19 heavy (non-hydrogen) atoms. The van der Waals surface area contributed by atoms with E-state index in [1.54, 1.807) is 18.2 Å². The number of aryl methyl sites for hydroxylation is 1. The maximum Gasteiger partial charge on any atom is 0.137 e. The highest BCUT2D eigenvalue weighted by Gasteiger charge is 2.13. The first-order valence-corrected chi connectivity index (χ1v) is 6.72. The average Bonchev–Trinajstić information content (AvgIpc) is 2.33. The second-order valence-electron chi connectivity index (χ2n) is 4.58. The Balaban J connectivity index is 2.20. The highest BCUT2D eigenvalue weighted by atomic mass is 79.9. The van der Waals surface area contributed by atoms with Crippen molar-refractivity contribution in [2.75, 3.05) is 0 Å². The van der Waals surface area contributed by atoms with Gasteiger partial charge in [0.2, 0.25) is 0 Å². The van der Waals surface area contributed by atoms with E-state index < -0.39 is 6.04 Å². The molecule has 100 valence electrons. The summed E-state index contributed by atoms with van der Waals surface area (Å²) < 4.78 is 27.3. The van der Waals surface area contributed by atoms with Crippen LogP contribution in [0.15, 0.2) is 40.9 Å². The van der Waals surface area contributed by atoms with Crippen molar-refractivity contribution in [3.8, 4) is 0 Å². The maximum atomic E-state index is 13.8. The Labute approximate surface area is 119 Å². The van der Waals surface area contributed by atoms with Crippen LogP contribution in [0.5, 0.6) is 0 Å². The molecule has 2 rings (SSSR count). The van der Waals surface area contributed by atoms with Crippen LogP contribution in [0.2, 0.25) is 0 Å². The van der Waals surface area contributed by atoms with Gasteiger partial charge in [0, 0.05) is 11.6 Å². The van der Waals surface area contributed by atoms with Crippen LogP contribution in [0, 0.1) is 18.6 Å². The first kappa shape index (κ1) is 14.2. The highest BCUT2D eigenvalue weighted by molar-refractivity contribution is 9.10. The van der Waals surface area contributed by atoms with E-state index in [0.717, 1.165) is 11.1 Å².